The second kappa shape index (κ2) is 7.91. The summed E-state index contributed by atoms with van der Waals surface area (Å²) in [6, 6.07) is 5.03. The van der Waals surface area contributed by atoms with Gasteiger partial charge < -0.3 is 14.8 Å². The molecule has 1 rings (SSSR count). The zero-order valence-corrected chi connectivity index (χ0v) is 12.5. The van der Waals surface area contributed by atoms with Crippen molar-refractivity contribution in [1.29, 1.82) is 5.41 Å². The van der Waals surface area contributed by atoms with E-state index in [2.05, 4.69) is 26.0 Å². The van der Waals surface area contributed by atoms with Crippen molar-refractivity contribution in [2.45, 2.75) is 6.42 Å². The Hall–Kier alpha value is -1.40. The minimum atomic E-state index is -0.396. The summed E-state index contributed by atoms with van der Waals surface area (Å²) in [5.74, 6) is -0.396. The summed E-state index contributed by atoms with van der Waals surface area (Å²) < 4.78 is 9.92. The van der Waals surface area contributed by atoms with E-state index < -0.39 is 5.97 Å². The van der Waals surface area contributed by atoms with E-state index in [1.807, 2.05) is 0 Å². The van der Waals surface area contributed by atoms with E-state index in [0.717, 1.165) is 12.1 Å². The molecule has 19 heavy (non-hydrogen) atoms. The van der Waals surface area contributed by atoms with Crippen LogP contribution in [0.25, 0.3) is 0 Å². The maximum absolute atomic E-state index is 11.5. The van der Waals surface area contributed by atoms with Gasteiger partial charge in [-0.2, -0.15) is 0 Å². The standard InChI is InChI=1S/C13H17BrN2O3/c1-18-7-3-6-16-11-8-9(13(17)19-2)4-5-10(11)12(14)15/h4-5,8,15-16H,3,6-7H2,1-2H3. The number of benzene rings is 1. The zero-order valence-electron chi connectivity index (χ0n) is 11.0. The highest BCUT2D eigenvalue weighted by molar-refractivity contribution is 9.18. The fourth-order valence-corrected chi connectivity index (χ4v) is 1.91. The molecule has 0 saturated carbocycles. The summed E-state index contributed by atoms with van der Waals surface area (Å²) in [6.45, 7) is 1.36. The van der Waals surface area contributed by atoms with Gasteiger partial charge in [-0.05, 0) is 40.5 Å². The Kier molecular flexibility index (Phi) is 6.52. The molecule has 0 heterocycles. The highest BCUT2D eigenvalue weighted by Gasteiger charge is 2.11. The minimum Gasteiger partial charge on any atom is -0.465 e. The Morgan fingerprint density at radius 3 is 2.74 bits per heavy atom. The molecule has 6 heteroatoms. The van der Waals surface area contributed by atoms with Crippen molar-refractivity contribution in [3.8, 4) is 0 Å². The number of ether oxygens (including phenoxy) is 2. The maximum atomic E-state index is 11.5. The average molecular weight is 329 g/mol. The van der Waals surface area contributed by atoms with Crippen molar-refractivity contribution >= 4 is 32.2 Å². The number of esters is 1. The molecule has 0 aliphatic heterocycles. The molecule has 1 aromatic carbocycles. The van der Waals surface area contributed by atoms with Crippen LogP contribution in [0.15, 0.2) is 18.2 Å². The molecule has 5 nitrogen and oxygen atoms in total. The Morgan fingerprint density at radius 2 is 2.16 bits per heavy atom. The van der Waals surface area contributed by atoms with Gasteiger partial charge in [0.2, 0.25) is 0 Å². The second-order valence-electron chi connectivity index (χ2n) is 3.84. The monoisotopic (exact) mass is 328 g/mol. The van der Waals surface area contributed by atoms with Gasteiger partial charge in [-0.1, -0.05) is 0 Å². The number of rotatable bonds is 7. The Bertz CT molecular complexity index is 463. The van der Waals surface area contributed by atoms with Gasteiger partial charge in [-0.25, -0.2) is 4.79 Å². The topological polar surface area (TPSA) is 71.4 Å². The second-order valence-corrected chi connectivity index (χ2v) is 4.63. The van der Waals surface area contributed by atoms with Gasteiger partial charge in [0.25, 0.3) is 0 Å². The number of hydrogen-bond donors (Lipinski definition) is 2. The van der Waals surface area contributed by atoms with E-state index in [9.17, 15) is 4.79 Å². The van der Waals surface area contributed by atoms with Crippen LogP contribution in [0.2, 0.25) is 0 Å². The number of methoxy groups -OCH3 is 2. The predicted octanol–water partition coefficient (Wildman–Crippen LogP) is 2.64. The Morgan fingerprint density at radius 1 is 1.42 bits per heavy atom. The van der Waals surface area contributed by atoms with E-state index in [0.29, 0.717) is 24.3 Å². The van der Waals surface area contributed by atoms with Crippen LogP contribution in [0.4, 0.5) is 5.69 Å². The van der Waals surface area contributed by atoms with Crippen molar-refractivity contribution in [2.24, 2.45) is 0 Å². The number of hydrogen-bond acceptors (Lipinski definition) is 5. The molecule has 0 amide bonds. The summed E-state index contributed by atoms with van der Waals surface area (Å²) in [6.07, 6.45) is 0.841. The van der Waals surface area contributed by atoms with E-state index in [4.69, 9.17) is 10.1 Å². The zero-order chi connectivity index (χ0) is 14.3. The van der Waals surface area contributed by atoms with Crippen LogP contribution in [-0.2, 0) is 9.47 Å². The molecule has 0 atom stereocenters. The number of carbonyl (C=O) groups excluding carboxylic acids is 1. The molecule has 104 valence electrons. The third-order valence-electron chi connectivity index (χ3n) is 2.52. The normalized spacial score (nSPS) is 10.1. The quantitative estimate of drug-likeness (QED) is 0.458. The first kappa shape index (κ1) is 15.7. The molecule has 0 aliphatic carbocycles. The van der Waals surface area contributed by atoms with Gasteiger partial charge in [0.1, 0.15) is 4.62 Å². The van der Waals surface area contributed by atoms with Crippen LogP contribution in [0, 0.1) is 5.41 Å². The molecule has 0 bridgehead atoms. The summed E-state index contributed by atoms with van der Waals surface area (Å²) in [4.78, 5) is 11.5. The fourth-order valence-electron chi connectivity index (χ4n) is 1.57. The number of anilines is 1. The van der Waals surface area contributed by atoms with E-state index in [-0.39, 0.29) is 4.62 Å². The summed E-state index contributed by atoms with van der Waals surface area (Å²) in [5, 5.41) is 10.8. The highest BCUT2D eigenvalue weighted by Crippen LogP contribution is 2.21. The predicted molar refractivity (Wildman–Crippen MR) is 78.5 cm³/mol. The third kappa shape index (κ3) is 4.65. The lowest BCUT2D eigenvalue weighted by atomic mass is 10.1. The van der Waals surface area contributed by atoms with Crippen molar-refractivity contribution < 1.29 is 14.3 Å². The summed E-state index contributed by atoms with van der Waals surface area (Å²) in [5.41, 5.74) is 1.88. The van der Waals surface area contributed by atoms with Gasteiger partial charge in [0, 0.05) is 31.5 Å². The van der Waals surface area contributed by atoms with Crippen LogP contribution in [0.1, 0.15) is 22.3 Å². The van der Waals surface area contributed by atoms with Crippen LogP contribution in [0.5, 0.6) is 0 Å². The molecule has 0 fully saturated rings. The Labute approximate surface area is 120 Å². The Balaban J connectivity index is 2.89. The summed E-state index contributed by atoms with van der Waals surface area (Å²) >= 11 is 3.14. The molecule has 0 unspecified atom stereocenters. The molecular weight excluding hydrogens is 312 g/mol. The summed E-state index contributed by atoms with van der Waals surface area (Å²) in [7, 11) is 2.99. The van der Waals surface area contributed by atoms with E-state index in [1.165, 1.54) is 7.11 Å². The van der Waals surface area contributed by atoms with Gasteiger partial charge in [-0.3, -0.25) is 5.41 Å². The molecule has 0 aromatic heterocycles. The van der Waals surface area contributed by atoms with E-state index >= 15 is 0 Å². The van der Waals surface area contributed by atoms with Crippen molar-refractivity contribution in [1.82, 2.24) is 0 Å². The van der Waals surface area contributed by atoms with Crippen molar-refractivity contribution in [2.75, 3.05) is 32.7 Å². The number of nitrogens with one attached hydrogen (secondary N) is 2. The lowest BCUT2D eigenvalue weighted by Gasteiger charge is -2.12. The van der Waals surface area contributed by atoms with Crippen LogP contribution in [-0.4, -0.2) is 38.0 Å². The van der Waals surface area contributed by atoms with Crippen LogP contribution < -0.4 is 5.32 Å². The minimum absolute atomic E-state index is 0.262. The van der Waals surface area contributed by atoms with Gasteiger partial charge in [0.15, 0.2) is 0 Å². The molecular formula is C13H17BrN2O3. The van der Waals surface area contributed by atoms with Crippen molar-refractivity contribution in [3.05, 3.63) is 29.3 Å². The largest absolute Gasteiger partial charge is 0.465 e. The highest BCUT2D eigenvalue weighted by atomic mass is 79.9. The first-order valence-electron chi connectivity index (χ1n) is 5.79. The van der Waals surface area contributed by atoms with Crippen LogP contribution >= 0.6 is 15.9 Å². The molecule has 1 aromatic rings. The molecule has 0 radical (unpaired) electrons. The first-order valence-corrected chi connectivity index (χ1v) is 6.59. The fraction of sp³-hybridized carbons (Fsp3) is 0.385. The van der Waals surface area contributed by atoms with E-state index in [1.54, 1.807) is 25.3 Å². The number of carbonyl (C=O) groups is 1. The molecule has 0 saturated heterocycles. The first-order chi connectivity index (χ1) is 9.10. The molecule has 0 spiro atoms. The smallest absolute Gasteiger partial charge is 0.337 e. The van der Waals surface area contributed by atoms with Gasteiger partial charge in [0.05, 0.1) is 12.7 Å². The van der Waals surface area contributed by atoms with Crippen LogP contribution in [0.3, 0.4) is 0 Å². The van der Waals surface area contributed by atoms with Gasteiger partial charge >= 0.3 is 5.97 Å². The SMILES string of the molecule is COCCCNc1cc(C(=O)OC)ccc1C(=N)Br. The van der Waals surface area contributed by atoms with Gasteiger partial charge in [-0.15, -0.1) is 0 Å². The average Bonchev–Trinajstić information content (AvgIpc) is 2.42. The number of halogens is 1. The van der Waals surface area contributed by atoms with Crippen molar-refractivity contribution in [3.63, 3.8) is 0 Å². The third-order valence-corrected chi connectivity index (χ3v) is 2.94. The lowest BCUT2D eigenvalue weighted by Crippen LogP contribution is -2.10. The molecule has 2 N–H and O–H groups in total. The lowest BCUT2D eigenvalue weighted by molar-refractivity contribution is 0.0601. The molecule has 0 aliphatic rings. The maximum Gasteiger partial charge on any atom is 0.337 e.